The molecule has 0 saturated heterocycles. The molecule has 1 amide bonds. The molecule has 23 heavy (non-hydrogen) atoms. The Balaban J connectivity index is 1.91. The minimum atomic E-state index is -1.09. The third-order valence-corrected chi connectivity index (χ3v) is 3.66. The van der Waals surface area contributed by atoms with Crippen molar-refractivity contribution >= 4 is 40.1 Å². The summed E-state index contributed by atoms with van der Waals surface area (Å²) in [6.07, 6.45) is 1.68. The fourth-order valence-electron chi connectivity index (χ4n) is 2.17. The molecule has 1 aromatic heterocycles. The normalized spacial score (nSPS) is 10.5. The number of nitrogens with one attached hydrogen (secondary N) is 1. The topological polar surface area (TPSA) is 79.3 Å². The van der Waals surface area contributed by atoms with Crippen molar-refractivity contribution in [2.24, 2.45) is 0 Å². The lowest BCUT2D eigenvalue weighted by atomic mass is 10.1. The molecule has 0 saturated carbocycles. The number of aromatic carboxylic acids is 1. The molecule has 3 rings (SSSR count). The van der Waals surface area contributed by atoms with E-state index in [2.05, 4.69) is 10.3 Å². The van der Waals surface area contributed by atoms with Crippen LogP contribution in [0, 0.1) is 0 Å². The molecule has 0 aliphatic rings. The van der Waals surface area contributed by atoms with Crippen LogP contribution < -0.4 is 5.32 Å². The van der Waals surface area contributed by atoms with Gasteiger partial charge in [-0.2, -0.15) is 0 Å². The highest BCUT2D eigenvalue weighted by Crippen LogP contribution is 2.24. The van der Waals surface area contributed by atoms with Crippen LogP contribution in [0.3, 0.4) is 0 Å². The molecule has 0 radical (unpaired) electrons. The Bertz CT molecular complexity index is 925. The second-order valence-corrected chi connectivity index (χ2v) is 5.27. The highest BCUT2D eigenvalue weighted by molar-refractivity contribution is 6.34. The van der Waals surface area contributed by atoms with Crippen molar-refractivity contribution in [1.82, 2.24) is 4.98 Å². The molecule has 114 valence electrons. The number of carbonyl (C=O) groups excluding carboxylic acids is 1. The Kier molecular flexibility index (Phi) is 3.95. The van der Waals surface area contributed by atoms with Gasteiger partial charge in [-0.15, -0.1) is 0 Å². The zero-order chi connectivity index (χ0) is 16.4. The number of pyridine rings is 1. The Morgan fingerprint density at radius 1 is 1.04 bits per heavy atom. The van der Waals surface area contributed by atoms with Gasteiger partial charge in [-0.25, -0.2) is 4.79 Å². The van der Waals surface area contributed by atoms with Crippen molar-refractivity contribution in [3.8, 4) is 0 Å². The monoisotopic (exact) mass is 326 g/mol. The molecule has 0 atom stereocenters. The summed E-state index contributed by atoms with van der Waals surface area (Å²) in [4.78, 5) is 27.6. The number of benzene rings is 2. The molecule has 0 aliphatic heterocycles. The molecule has 5 nitrogen and oxygen atoms in total. The molecule has 1 heterocycles. The molecule has 3 aromatic rings. The lowest BCUT2D eigenvalue weighted by Gasteiger charge is -2.09. The molecule has 0 bridgehead atoms. The van der Waals surface area contributed by atoms with Gasteiger partial charge in [0.05, 0.1) is 21.8 Å². The highest BCUT2D eigenvalue weighted by atomic mass is 35.5. The summed E-state index contributed by atoms with van der Waals surface area (Å²) in [6, 6.07) is 12.9. The van der Waals surface area contributed by atoms with E-state index in [9.17, 15) is 9.59 Å². The second-order valence-electron chi connectivity index (χ2n) is 4.86. The lowest BCUT2D eigenvalue weighted by Crippen LogP contribution is -2.13. The number of hydrogen-bond donors (Lipinski definition) is 2. The number of amides is 1. The highest BCUT2D eigenvalue weighted by Gasteiger charge is 2.12. The van der Waals surface area contributed by atoms with Gasteiger partial charge in [0.1, 0.15) is 0 Å². The van der Waals surface area contributed by atoms with E-state index in [-0.39, 0.29) is 22.2 Å². The summed E-state index contributed by atoms with van der Waals surface area (Å²) < 4.78 is 0. The molecule has 0 spiro atoms. The van der Waals surface area contributed by atoms with E-state index in [0.29, 0.717) is 5.56 Å². The maximum Gasteiger partial charge on any atom is 0.335 e. The first-order chi connectivity index (χ1) is 11.0. The number of carbonyl (C=O) groups is 2. The smallest absolute Gasteiger partial charge is 0.335 e. The van der Waals surface area contributed by atoms with Crippen molar-refractivity contribution in [3.05, 3.63) is 70.9 Å². The number of carboxylic acids is 1. The average molecular weight is 327 g/mol. The summed E-state index contributed by atoms with van der Waals surface area (Å²) in [6.45, 7) is 0. The number of nitrogens with zero attached hydrogens (tertiary/aromatic N) is 1. The third-order valence-electron chi connectivity index (χ3n) is 3.33. The van der Waals surface area contributed by atoms with Crippen molar-refractivity contribution < 1.29 is 14.7 Å². The zero-order valence-corrected chi connectivity index (χ0v) is 12.5. The van der Waals surface area contributed by atoms with Gasteiger partial charge in [-0.1, -0.05) is 17.7 Å². The van der Waals surface area contributed by atoms with E-state index in [0.717, 1.165) is 10.9 Å². The minimum Gasteiger partial charge on any atom is -0.478 e. The van der Waals surface area contributed by atoms with Gasteiger partial charge in [0.2, 0.25) is 0 Å². The SMILES string of the molecule is O=C(O)c1ccc(Cl)c(NC(=O)c2ccc3ncccc3c2)c1. The lowest BCUT2D eigenvalue weighted by molar-refractivity contribution is 0.0696. The van der Waals surface area contributed by atoms with Crippen LogP contribution in [0.5, 0.6) is 0 Å². The number of fused-ring (bicyclic) bond motifs is 1. The predicted molar refractivity (Wildman–Crippen MR) is 88.1 cm³/mol. The van der Waals surface area contributed by atoms with Crippen molar-refractivity contribution in [1.29, 1.82) is 0 Å². The number of anilines is 1. The van der Waals surface area contributed by atoms with Gasteiger partial charge in [0.15, 0.2) is 0 Å². The second kappa shape index (κ2) is 6.06. The van der Waals surface area contributed by atoms with E-state index in [1.165, 1.54) is 18.2 Å². The third kappa shape index (κ3) is 3.14. The maximum atomic E-state index is 12.4. The predicted octanol–water partition coefficient (Wildman–Crippen LogP) is 3.84. The largest absolute Gasteiger partial charge is 0.478 e. The average Bonchev–Trinajstić information content (AvgIpc) is 2.56. The molecule has 0 unspecified atom stereocenters. The van der Waals surface area contributed by atoms with Crippen LogP contribution in [0.2, 0.25) is 5.02 Å². The van der Waals surface area contributed by atoms with Crippen LogP contribution in [0.4, 0.5) is 5.69 Å². The Morgan fingerprint density at radius 2 is 1.83 bits per heavy atom. The minimum absolute atomic E-state index is 0.0485. The van der Waals surface area contributed by atoms with Crippen molar-refractivity contribution in [3.63, 3.8) is 0 Å². The van der Waals surface area contributed by atoms with Gasteiger partial charge >= 0.3 is 5.97 Å². The fraction of sp³-hybridized carbons (Fsp3) is 0. The van der Waals surface area contributed by atoms with Crippen LogP contribution in [0.25, 0.3) is 10.9 Å². The standard InChI is InChI=1S/C17H11ClN2O3/c18-13-5-3-12(17(22)23)9-15(13)20-16(21)11-4-6-14-10(8-11)2-1-7-19-14/h1-9H,(H,20,21)(H,22,23). The summed E-state index contributed by atoms with van der Waals surface area (Å²) in [5.74, 6) is -1.46. The van der Waals surface area contributed by atoms with E-state index < -0.39 is 5.97 Å². The number of rotatable bonds is 3. The van der Waals surface area contributed by atoms with Gasteiger partial charge in [-0.3, -0.25) is 9.78 Å². The van der Waals surface area contributed by atoms with Gasteiger partial charge in [0.25, 0.3) is 5.91 Å². The van der Waals surface area contributed by atoms with Crippen LogP contribution >= 0.6 is 11.6 Å². The quantitative estimate of drug-likeness (QED) is 0.766. The first-order valence-electron chi connectivity index (χ1n) is 6.73. The number of carboxylic acid groups (broad SMARTS) is 1. The van der Waals surface area contributed by atoms with Crippen molar-refractivity contribution in [2.75, 3.05) is 5.32 Å². The molecule has 0 fully saturated rings. The molecule has 6 heteroatoms. The number of hydrogen-bond acceptors (Lipinski definition) is 3. The maximum absolute atomic E-state index is 12.4. The van der Waals surface area contributed by atoms with Crippen molar-refractivity contribution in [2.45, 2.75) is 0 Å². The van der Waals surface area contributed by atoms with Crippen LogP contribution in [0.15, 0.2) is 54.7 Å². The summed E-state index contributed by atoms with van der Waals surface area (Å²) in [7, 11) is 0. The summed E-state index contributed by atoms with van der Waals surface area (Å²) >= 11 is 6.01. The van der Waals surface area contributed by atoms with E-state index in [1.54, 1.807) is 30.5 Å². The van der Waals surface area contributed by atoms with Crippen LogP contribution in [-0.2, 0) is 0 Å². The number of halogens is 1. The molecular weight excluding hydrogens is 316 g/mol. The molecule has 2 aromatic carbocycles. The van der Waals surface area contributed by atoms with Gasteiger partial charge in [0, 0.05) is 17.1 Å². The first-order valence-corrected chi connectivity index (χ1v) is 7.11. The Labute approximate surface area is 136 Å². The summed E-state index contributed by atoms with van der Waals surface area (Å²) in [5.41, 5.74) is 1.52. The van der Waals surface area contributed by atoms with E-state index >= 15 is 0 Å². The van der Waals surface area contributed by atoms with E-state index in [1.807, 2.05) is 6.07 Å². The molecule has 0 aliphatic carbocycles. The van der Waals surface area contributed by atoms with Crippen LogP contribution in [-0.4, -0.2) is 22.0 Å². The molecular formula is C17H11ClN2O3. The fourth-order valence-corrected chi connectivity index (χ4v) is 2.33. The van der Waals surface area contributed by atoms with Gasteiger partial charge in [-0.05, 0) is 42.5 Å². The Morgan fingerprint density at radius 3 is 2.61 bits per heavy atom. The summed E-state index contributed by atoms with van der Waals surface area (Å²) in [5, 5.41) is 12.7. The Hall–Kier alpha value is -2.92. The first kappa shape index (κ1) is 15.0. The van der Waals surface area contributed by atoms with Gasteiger partial charge < -0.3 is 10.4 Å². The zero-order valence-electron chi connectivity index (χ0n) is 11.8. The number of aromatic nitrogens is 1. The van der Waals surface area contributed by atoms with Crippen LogP contribution in [0.1, 0.15) is 20.7 Å². The van der Waals surface area contributed by atoms with E-state index in [4.69, 9.17) is 16.7 Å². The molecule has 2 N–H and O–H groups in total.